The fourth-order valence-corrected chi connectivity index (χ4v) is 1.74. The molecular weight excluding hydrogens is 236 g/mol. The van der Waals surface area contributed by atoms with Crippen LogP contribution < -0.4 is 5.73 Å². The van der Waals surface area contributed by atoms with Crippen molar-refractivity contribution in [2.24, 2.45) is 0 Å². The summed E-state index contributed by atoms with van der Waals surface area (Å²) in [6.45, 7) is 0.780. The van der Waals surface area contributed by atoms with Crippen molar-refractivity contribution < 1.29 is 9.26 Å². The zero-order valence-electron chi connectivity index (χ0n) is 7.12. The zero-order valence-corrected chi connectivity index (χ0v) is 8.71. The van der Waals surface area contributed by atoms with E-state index < -0.39 is 0 Å². The van der Waals surface area contributed by atoms with Gasteiger partial charge in [0, 0.05) is 6.61 Å². The number of nitrogen functional groups attached to an aromatic ring is 1. The predicted octanol–water partition coefficient (Wildman–Crippen LogP) is 2.26. The highest BCUT2D eigenvalue weighted by atomic mass is 79.9. The van der Waals surface area contributed by atoms with Gasteiger partial charge in [-0.2, -0.15) is 0 Å². The van der Waals surface area contributed by atoms with Crippen LogP contribution in [0.25, 0.3) is 0 Å². The number of rotatable bonds is 1. The molecule has 1 aromatic heterocycles. The second kappa shape index (κ2) is 3.67. The number of ether oxygens (including phenoxy) is 1. The third-order valence-electron chi connectivity index (χ3n) is 2.18. The van der Waals surface area contributed by atoms with Crippen LogP contribution in [-0.2, 0) is 4.74 Å². The molecule has 72 valence electrons. The molecule has 0 radical (unpaired) electrons. The maximum atomic E-state index is 5.75. The second-order valence-electron chi connectivity index (χ2n) is 3.11. The Morgan fingerprint density at radius 2 is 2.31 bits per heavy atom. The van der Waals surface area contributed by atoms with Gasteiger partial charge in [0.1, 0.15) is 11.8 Å². The molecule has 1 aliphatic heterocycles. The largest absolute Gasteiger partial charge is 0.394 e. The minimum atomic E-state index is -0.00690. The second-order valence-corrected chi connectivity index (χ2v) is 3.86. The van der Waals surface area contributed by atoms with Crippen LogP contribution in [0.2, 0.25) is 0 Å². The molecule has 0 aliphatic carbocycles. The summed E-state index contributed by atoms with van der Waals surface area (Å²) in [5.41, 5.74) is 6.31. The Morgan fingerprint density at radius 3 is 2.85 bits per heavy atom. The van der Waals surface area contributed by atoms with Gasteiger partial charge in [0.05, 0.1) is 0 Å². The van der Waals surface area contributed by atoms with E-state index in [2.05, 4.69) is 21.1 Å². The Balaban J connectivity index is 2.18. The van der Waals surface area contributed by atoms with Gasteiger partial charge in [0.25, 0.3) is 0 Å². The van der Waals surface area contributed by atoms with Crippen LogP contribution in [0.4, 0.5) is 5.69 Å². The number of hydrogen-bond acceptors (Lipinski definition) is 4. The maximum absolute atomic E-state index is 5.75. The van der Waals surface area contributed by atoms with Crippen LogP contribution in [-0.4, -0.2) is 11.8 Å². The van der Waals surface area contributed by atoms with Crippen LogP contribution in [0.5, 0.6) is 0 Å². The van der Waals surface area contributed by atoms with Crippen molar-refractivity contribution in [1.82, 2.24) is 5.16 Å². The summed E-state index contributed by atoms with van der Waals surface area (Å²) in [6, 6.07) is 0. The Bertz CT molecular complexity index is 294. The normalized spacial score (nSPS) is 23.3. The van der Waals surface area contributed by atoms with Crippen LogP contribution in [0.3, 0.4) is 0 Å². The minimum Gasteiger partial charge on any atom is -0.394 e. The molecule has 1 saturated heterocycles. The average Bonchev–Trinajstić information content (AvgIpc) is 2.49. The summed E-state index contributed by atoms with van der Waals surface area (Å²) < 4.78 is 11.2. The SMILES string of the molecule is Nc1c(Br)noc1C1CCCCO1. The molecule has 1 atom stereocenters. The molecule has 5 heteroatoms. The molecular formula is C8H11BrN2O2. The highest BCUT2D eigenvalue weighted by molar-refractivity contribution is 9.10. The molecule has 1 unspecified atom stereocenters. The van der Waals surface area contributed by atoms with E-state index in [9.17, 15) is 0 Å². The first-order valence-electron chi connectivity index (χ1n) is 4.31. The van der Waals surface area contributed by atoms with Gasteiger partial charge in [-0.1, -0.05) is 5.16 Å². The lowest BCUT2D eigenvalue weighted by molar-refractivity contribution is -0.000819. The molecule has 0 spiro atoms. The first-order valence-corrected chi connectivity index (χ1v) is 5.10. The summed E-state index contributed by atoms with van der Waals surface area (Å²) in [7, 11) is 0. The fourth-order valence-electron chi connectivity index (χ4n) is 1.47. The number of halogens is 1. The number of anilines is 1. The molecule has 0 bridgehead atoms. The molecule has 1 fully saturated rings. The van der Waals surface area contributed by atoms with Gasteiger partial charge in [0.2, 0.25) is 0 Å². The third-order valence-corrected chi connectivity index (χ3v) is 2.76. The summed E-state index contributed by atoms with van der Waals surface area (Å²) in [5.74, 6) is 0.659. The van der Waals surface area contributed by atoms with E-state index in [1.54, 1.807) is 0 Å². The molecule has 0 amide bonds. The van der Waals surface area contributed by atoms with Crippen molar-refractivity contribution in [3.8, 4) is 0 Å². The summed E-state index contributed by atoms with van der Waals surface area (Å²) >= 11 is 3.20. The smallest absolute Gasteiger partial charge is 0.189 e. The maximum Gasteiger partial charge on any atom is 0.189 e. The van der Waals surface area contributed by atoms with Crippen molar-refractivity contribution in [2.45, 2.75) is 25.4 Å². The van der Waals surface area contributed by atoms with Crippen LogP contribution in [0, 0.1) is 0 Å². The Morgan fingerprint density at radius 1 is 1.46 bits per heavy atom. The van der Waals surface area contributed by atoms with E-state index in [1.165, 1.54) is 0 Å². The van der Waals surface area contributed by atoms with Crippen molar-refractivity contribution >= 4 is 21.6 Å². The molecule has 13 heavy (non-hydrogen) atoms. The van der Waals surface area contributed by atoms with Crippen molar-refractivity contribution in [2.75, 3.05) is 12.3 Å². The minimum absolute atomic E-state index is 0.00690. The van der Waals surface area contributed by atoms with E-state index in [0.717, 1.165) is 25.9 Å². The Labute approximate surface area is 84.5 Å². The van der Waals surface area contributed by atoms with Gasteiger partial charge in [-0.05, 0) is 35.2 Å². The molecule has 4 nitrogen and oxygen atoms in total. The first-order chi connectivity index (χ1) is 6.29. The fraction of sp³-hybridized carbons (Fsp3) is 0.625. The summed E-state index contributed by atoms with van der Waals surface area (Å²) in [5, 5.41) is 3.73. The van der Waals surface area contributed by atoms with Crippen molar-refractivity contribution in [1.29, 1.82) is 0 Å². The van der Waals surface area contributed by atoms with Gasteiger partial charge in [-0.3, -0.25) is 0 Å². The lowest BCUT2D eigenvalue weighted by Crippen LogP contribution is -2.12. The van der Waals surface area contributed by atoms with E-state index >= 15 is 0 Å². The quantitative estimate of drug-likeness (QED) is 0.826. The summed E-state index contributed by atoms with van der Waals surface area (Å²) in [6.07, 6.45) is 3.23. The molecule has 1 aliphatic rings. The molecule has 2 rings (SSSR count). The van der Waals surface area contributed by atoms with Gasteiger partial charge < -0.3 is 15.0 Å². The van der Waals surface area contributed by atoms with Gasteiger partial charge in [0.15, 0.2) is 10.4 Å². The zero-order chi connectivity index (χ0) is 9.26. The monoisotopic (exact) mass is 246 g/mol. The first kappa shape index (κ1) is 9.02. The number of nitrogens with zero attached hydrogens (tertiary/aromatic N) is 1. The predicted molar refractivity (Wildman–Crippen MR) is 51.2 cm³/mol. The van der Waals surface area contributed by atoms with E-state index in [4.69, 9.17) is 15.0 Å². The highest BCUT2D eigenvalue weighted by Crippen LogP contribution is 2.34. The number of hydrogen-bond donors (Lipinski definition) is 1. The van der Waals surface area contributed by atoms with Gasteiger partial charge >= 0.3 is 0 Å². The van der Waals surface area contributed by atoms with E-state index in [0.29, 0.717) is 16.1 Å². The van der Waals surface area contributed by atoms with Crippen LogP contribution >= 0.6 is 15.9 Å². The lowest BCUT2D eigenvalue weighted by Gasteiger charge is -2.20. The topological polar surface area (TPSA) is 61.3 Å². The van der Waals surface area contributed by atoms with Gasteiger partial charge in [-0.25, -0.2) is 0 Å². The Kier molecular flexibility index (Phi) is 2.55. The standard InChI is InChI=1S/C8H11BrN2O2/c9-8-6(10)7(13-11-8)5-3-1-2-4-12-5/h5H,1-4,10H2. The van der Waals surface area contributed by atoms with Gasteiger partial charge in [-0.15, -0.1) is 0 Å². The molecule has 0 aromatic carbocycles. The third kappa shape index (κ3) is 1.71. The number of nitrogens with two attached hydrogens (primary N) is 1. The highest BCUT2D eigenvalue weighted by Gasteiger charge is 2.24. The van der Waals surface area contributed by atoms with E-state index in [1.807, 2.05) is 0 Å². The van der Waals surface area contributed by atoms with Crippen LogP contribution in [0.15, 0.2) is 9.13 Å². The summed E-state index contributed by atoms with van der Waals surface area (Å²) in [4.78, 5) is 0. The Hall–Kier alpha value is -0.550. The van der Waals surface area contributed by atoms with E-state index in [-0.39, 0.29) is 6.10 Å². The molecule has 2 heterocycles. The average molecular weight is 247 g/mol. The molecule has 1 aromatic rings. The van der Waals surface area contributed by atoms with Crippen molar-refractivity contribution in [3.63, 3.8) is 0 Å². The lowest BCUT2D eigenvalue weighted by atomic mass is 10.1. The molecule has 0 saturated carbocycles. The number of aromatic nitrogens is 1. The van der Waals surface area contributed by atoms with Crippen molar-refractivity contribution in [3.05, 3.63) is 10.4 Å². The van der Waals surface area contributed by atoms with Crippen LogP contribution in [0.1, 0.15) is 31.1 Å². The molecule has 2 N–H and O–H groups in total.